The van der Waals surface area contributed by atoms with Gasteiger partial charge in [-0.05, 0) is 12.8 Å². The SMILES string of the molecule is Clc1cncnc1N[C@@H]1CCCOC1. The number of anilines is 1. The zero-order valence-corrected chi connectivity index (χ0v) is 8.50. The van der Waals surface area contributed by atoms with Crippen molar-refractivity contribution >= 4 is 17.4 Å². The Morgan fingerprint density at radius 1 is 1.57 bits per heavy atom. The van der Waals surface area contributed by atoms with Crippen LogP contribution in [0.5, 0.6) is 0 Å². The number of hydrogen-bond acceptors (Lipinski definition) is 4. The van der Waals surface area contributed by atoms with E-state index in [4.69, 9.17) is 16.3 Å². The number of nitrogens with zero attached hydrogens (tertiary/aromatic N) is 2. The van der Waals surface area contributed by atoms with Gasteiger partial charge in [0, 0.05) is 6.61 Å². The molecule has 1 N–H and O–H groups in total. The average Bonchev–Trinajstić information content (AvgIpc) is 2.23. The van der Waals surface area contributed by atoms with Gasteiger partial charge in [-0.1, -0.05) is 11.6 Å². The minimum absolute atomic E-state index is 0.316. The number of ether oxygens (including phenoxy) is 1. The van der Waals surface area contributed by atoms with Gasteiger partial charge in [-0.25, -0.2) is 9.97 Å². The van der Waals surface area contributed by atoms with Gasteiger partial charge in [-0.2, -0.15) is 0 Å². The maximum atomic E-state index is 5.92. The Bertz CT molecular complexity index is 302. The van der Waals surface area contributed by atoms with E-state index in [1.54, 1.807) is 6.20 Å². The second-order valence-corrected chi connectivity index (χ2v) is 3.68. The summed E-state index contributed by atoms with van der Waals surface area (Å²) in [6, 6.07) is 0.316. The molecule has 0 saturated carbocycles. The molecule has 14 heavy (non-hydrogen) atoms. The van der Waals surface area contributed by atoms with Crippen molar-refractivity contribution in [1.82, 2.24) is 9.97 Å². The second kappa shape index (κ2) is 4.57. The third-order valence-corrected chi connectivity index (χ3v) is 2.45. The highest BCUT2D eigenvalue weighted by Gasteiger charge is 2.14. The third-order valence-electron chi connectivity index (χ3n) is 2.17. The first-order valence-electron chi connectivity index (χ1n) is 4.66. The van der Waals surface area contributed by atoms with Crippen LogP contribution in [-0.2, 0) is 4.74 Å². The summed E-state index contributed by atoms with van der Waals surface area (Å²) in [4.78, 5) is 7.89. The molecule has 1 atom stereocenters. The van der Waals surface area contributed by atoms with E-state index in [1.807, 2.05) is 0 Å². The van der Waals surface area contributed by atoms with Gasteiger partial charge in [0.2, 0.25) is 0 Å². The maximum Gasteiger partial charge on any atom is 0.148 e. The molecular weight excluding hydrogens is 202 g/mol. The smallest absolute Gasteiger partial charge is 0.148 e. The molecule has 2 heterocycles. The van der Waals surface area contributed by atoms with Gasteiger partial charge >= 0.3 is 0 Å². The molecule has 0 bridgehead atoms. The van der Waals surface area contributed by atoms with E-state index in [0.29, 0.717) is 16.9 Å². The van der Waals surface area contributed by atoms with Gasteiger partial charge in [0.05, 0.1) is 18.8 Å². The van der Waals surface area contributed by atoms with Crippen LogP contribution in [0.15, 0.2) is 12.5 Å². The van der Waals surface area contributed by atoms with Crippen molar-refractivity contribution in [3.05, 3.63) is 17.5 Å². The Hall–Kier alpha value is -0.870. The first kappa shape index (κ1) is 9.68. The maximum absolute atomic E-state index is 5.92. The summed E-state index contributed by atoms with van der Waals surface area (Å²) in [7, 11) is 0. The predicted molar refractivity (Wildman–Crippen MR) is 54.5 cm³/mol. The van der Waals surface area contributed by atoms with Gasteiger partial charge in [0.15, 0.2) is 0 Å². The number of nitrogens with one attached hydrogen (secondary N) is 1. The van der Waals surface area contributed by atoms with Crippen molar-refractivity contribution < 1.29 is 4.74 Å². The lowest BCUT2D eigenvalue weighted by atomic mass is 10.1. The van der Waals surface area contributed by atoms with Crippen LogP contribution in [0.1, 0.15) is 12.8 Å². The molecule has 0 aliphatic carbocycles. The van der Waals surface area contributed by atoms with Crippen LogP contribution in [0.25, 0.3) is 0 Å². The molecule has 2 rings (SSSR count). The monoisotopic (exact) mass is 213 g/mol. The van der Waals surface area contributed by atoms with Crippen LogP contribution in [0.3, 0.4) is 0 Å². The quantitative estimate of drug-likeness (QED) is 0.813. The Morgan fingerprint density at radius 2 is 2.50 bits per heavy atom. The average molecular weight is 214 g/mol. The van der Waals surface area contributed by atoms with E-state index in [-0.39, 0.29) is 0 Å². The molecule has 1 aliphatic rings. The van der Waals surface area contributed by atoms with Gasteiger partial charge in [0.1, 0.15) is 17.2 Å². The van der Waals surface area contributed by atoms with E-state index in [1.165, 1.54) is 6.33 Å². The number of aromatic nitrogens is 2. The van der Waals surface area contributed by atoms with Crippen molar-refractivity contribution in [1.29, 1.82) is 0 Å². The molecule has 0 spiro atoms. The summed E-state index contributed by atoms with van der Waals surface area (Å²) >= 11 is 5.92. The Kier molecular flexibility index (Phi) is 3.16. The molecular formula is C9H12ClN3O. The second-order valence-electron chi connectivity index (χ2n) is 3.28. The largest absolute Gasteiger partial charge is 0.379 e. The molecule has 1 aliphatic heterocycles. The molecule has 1 aromatic heterocycles. The zero-order chi connectivity index (χ0) is 9.80. The highest BCUT2D eigenvalue weighted by molar-refractivity contribution is 6.32. The first-order valence-corrected chi connectivity index (χ1v) is 5.04. The van der Waals surface area contributed by atoms with Crippen LogP contribution >= 0.6 is 11.6 Å². The molecule has 1 saturated heterocycles. The molecule has 1 fully saturated rings. The molecule has 0 aromatic carbocycles. The Labute approximate surface area is 87.7 Å². The molecule has 5 heteroatoms. The summed E-state index contributed by atoms with van der Waals surface area (Å²) in [5.74, 6) is 0.692. The summed E-state index contributed by atoms with van der Waals surface area (Å²) < 4.78 is 5.35. The molecule has 76 valence electrons. The minimum Gasteiger partial charge on any atom is -0.379 e. The third kappa shape index (κ3) is 2.33. The predicted octanol–water partition coefficient (Wildman–Crippen LogP) is 1.72. The van der Waals surface area contributed by atoms with Crippen LogP contribution in [0.2, 0.25) is 5.02 Å². The Balaban J connectivity index is 1.99. The highest BCUT2D eigenvalue weighted by Crippen LogP contribution is 2.19. The lowest BCUT2D eigenvalue weighted by Crippen LogP contribution is -2.30. The van der Waals surface area contributed by atoms with Gasteiger partial charge in [-0.3, -0.25) is 0 Å². The van der Waals surface area contributed by atoms with E-state index in [0.717, 1.165) is 26.1 Å². The molecule has 0 radical (unpaired) electrons. The van der Waals surface area contributed by atoms with E-state index in [2.05, 4.69) is 15.3 Å². The van der Waals surface area contributed by atoms with E-state index in [9.17, 15) is 0 Å². The zero-order valence-electron chi connectivity index (χ0n) is 7.74. The van der Waals surface area contributed by atoms with Crippen molar-refractivity contribution in [2.45, 2.75) is 18.9 Å². The van der Waals surface area contributed by atoms with Crippen molar-refractivity contribution in [3.63, 3.8) is 0 Å². The van der Waals surface area contributed by atoms with E-state index >= 15 is 0 Å². The lowest BCUT2D eigenvalue weighted by molar-refractivity contribution is 0.0875. The van der Waals surface area contributed by atoms with E-state index < -0.39 is 0 Å². The fraction of sp³-hybridized carbons (Fsp3) is 0.556. The first-order chi connectivity index (χ1) is 6.86. The summed E-state index contributed by atoms with van der Waals surface area (Å²) in [5.41, 5.74) is 0. The van der Waals surface area contributed by atoms with Gasteiger partial charge < -0.3 is 10.1 Å². The molecule has 1 aromatic rings. The topological polar surface area (TPSA) is 47.0 Å². The van der Waals surface area contributed by atoms with Crippen LogP contribution in [0, 0.1) is 0 Å². The fourth-order valence-electron chi connectivity index (χ4n) is 1.47. The van der Waals surface area contributed by atoms with Crippen LogP contribution in [-0.4, -0.2) is 29.2 Å². The molecule has 0 unspecified atom stereocenters. The van der Waals surface area contributed by atoms with Crippen LogP contribution < -0.4 is 5.32 Å². The minimum atomic E-state index is 0.316. The Morgan fingerprint density at radius 3 is 3.21 bits per heavy atom. The molecule has 0 amide bonds. The van der Waals surface area contributed by atoms with Gasteiger partial charge in [0.25, 0.3) is 0 Å². The van der Waals surface area contributed by atoms with Crippen molar-refractivity contribution in [2.24, 2.45) is 0 Å². The number of hydrogen-bond donors (Lipinski definition) is 1. The lowest BCUT2D eigenvalue weighted by Gasteiger charge is -2.23. The summed E-state index contributed by atoms with van der Waals surface area (Å²) in [6.45, 7) is 1.58. The van der Waals surface area contributed by atoms with Gasteiger partial charge in [-0.15, -0.1) is 0 Å². The highest BCUT2D eigenvalue weighted by atomic mass is 35.5. The number of rotatable bonds is 2. The summed E-state index contributed by atoms with van der Waals surface area (Å²) in [5, 5.41) is 3.79. The van der Waals surface area contributed by atoms with Crippen molar-refractivity contribution in [3.8, 4) is 0 Å². The molecule has 4 nitrogen and oxygen atoms in total. The standard InChI is InChI=1S/C9H12ClN3O/c10-8-4-11-6-12-9(8)13-7-2-1-3-14-5-7/h4,6-7H,1-3,5H2,(H,11,12,13)/t7-/m1/s1. The normalized spacial score (nSPS) is 21.9. The van der Waals surface area contributed by atoms with Crippen molar-refractivity contribution in [2.75, 3.05) is 18.5 Å². The fourth-order valence-corrected chi connectivity index (χ4v) is 1.63. The summed E-state index contributed by atoms with van der Waals surface area (Å²) in [6.07, 6.45) is 5.25. The van der Waals surface area contributed by atoms with Crippen LogP contribution in [0.4, 0.5) is 5.82 Å². The number of halogens is 1.